The van der Waals surface area contributed by atoms with Gasteiger partial charge < -0.3 is 9.74 Å². The Bertz CT molecular complexity index is 344. The maximum Gasteiger partial charge on any atom is 0.0882 e. The second-order valence-corrected chi connectivity index (χ2v) is 4.53. The van der Waals surface area contributed by atoms with Gasteiger partial charge >= 0.3 is 0 Å². The predicted octanol–water partition coefficient (Wildman–Crippen LogP) is 2.59. The van der Waals surface area contributed by atoms with Gasteiger partial charge in [0, 0.05) is 6.54 Å². The molecule has 0 spiro atoms. The number of halogens is 1. The fraction of sp³-hybridized carbons (Fsp3) is 0.500. The molecule has 1 fully saturated rings. The van der Waals surface area contributed by atoms with Crippen molar-refractivity contribution in [3.05, 3.63) is 29.3 Å². The zero-order chi connectivity index (χ0) is 11.4. The first-order valence-electron chi connectivity index (χ1n) is 5.66. The van der Waals surface area contributed by atoms with Crippen molar-refractivity contribution in [2.75, 3.05) is 18.1 Å². The van der Waals surface area contributed by atoms with Crippen LogP contribution in [0.3, 0.4) is 0 Å². The lowest BCUT2D eigenvalue weighted by atomic mass is 10.0. The summed E-state index contributed by atoms with van der Waals surface area (Å²) in [5, 5.41) is 0.798. The predicted molar refractivity (Wildman–Crippen MR) is 66.6 cm³/mol. The molecule has 1 unspecified atom stereocenters. The minimum absolute atomic E-state index is 0.346. The molecule has 0 bridgehead atoms. The molecule has 1 aromatic rings. The fourth-order valence-electron chi connectivity index (χ4n) is 2.29. The Morgan fingerprint density at radius 3 is 2.94 bits per heavy atom. The molecule has 3 nitrogen and oxygen atoms in total. The summed E-state index contributed by atoms with van der Waals surface area (Å²) < 4.78 is 0. The lowest BCUT2D eigenvalue weighted by Gasteiger charge is -2.37. The van der Waals surface area contributed by atoms with Crippen LogP contribution in [0.4, 0.5) is 5.69 Å². The van der Waals surface area contributed by atoms with Gasteiger partial charge in [0.15, 0.2) is 0 Å². The minimum atomic E-state index is 0.346. The Morgan fingerprint density at radius 2 is 2.19 bits per heavy atom. The van der Waals surface area contributed by atoms with Gasteiger partial charge in [-0.25, -0.2) is 5.90 Å². The van der Waals surface area contributed by atoms with Gasteiger partial charge in [0.25, 0.3) is 0 Å². The second-order valence-electron chi connectivity index (χ2n) is 4.13. The largest absolute Gasteiger partial charge is 0.365 e. The zero-order valence-electron chi connectivity index (χ0n) is 9.23. The van der Waals surface area contributed by atoms with Crippen molar-refractivity contribution in [3.63, 3.8) is 0 Å². The van der Waals surface area contributed by atoms with Crippen LogP contribution < -0.4 is 10.8 Å². The maximum atomic E-state index is 6.21. The lowest BCUT2D eigenvalue weighted by molar-refractivity contribution is 0.114. The third-order valence-corrected chi connectivity index (χ3v) is 3.40. The van der Waals surface area contributed by atoms with Gasteiger partial charge in [-0.1, -0.05) is 23.7 Å². The number of nitrogens with zero attached hydrogens (tertiary/aromatic N) is 1. The molecule has 16 heavy (non-hydrogen) atoms. The average Bonchev–Trinajstić information content (AvgIpc) is 2.31. The van der Waals surface area contributed by atoms with E-state index in [0.29, 0.717) is 12.6 Å². The maximum absolute atomic E-state index is 6.21. The van der Waals surface area contributed by atoms with Crippen LogP contribution in [-0.2, 0) is 4.84 Å². The summed E-state index contributed by atoms with van der Waals surface area (Å²) in [7, 11) is 0. The molecule has 0 aliphatic carbocycles. The Morgan fingerprint density at radius 1 is 1.38 bits per heavy atom. The molecular formula is C12H17ClN2O. The summed E-state index contributed by atoms with van der Waals surface area (Å²) in [6.45, 7) is 1.59. The number of nitrogens with two attached hydrogens (primary N) is 1. The number of rotatable bonds is 3. The van der Waals surface area contributed by atoms with Crippen molar-refractivity contribution in [2.45, 2.75) is 25.3 Å². The van der Waals surface area contributed by atoms with Crippen molar-refractivity contribution in [1.29, 1.82) is 0 Å². The standard InChI is InChI=1S/C12H17ClN2O/c13-11-6-1-2-7-12(11)15-8-4-3-5-10(15)9-16-14/h1-2,6-7,10H,3-5,8-9,14H2. The van der Waals surface area contributed by atoms with Gasteiger partial charge in [-0.05, 0) is 31.4 Å². The second kappa shape index (κ2) is 5.53. The molecule has 1 aliphatic heterocycles. The van der Waals surface area contributed by atoms with E-state index >= 15 is 0 Å². The third-order valence-electron chi connectivity index (χ3n) is 3.08. The Balaban J connectivity index is 2.19. The molecule has 1 saturated heterocycles. The summed E-state index contributed by atoms with van der Waals surface area (Å²) in [5.41, 5.74) is 1.09. The highest BCUT2D eigenvalue weighted by molar-refractivity contribution is 6.33. The fourth-order valence-corrected chi connectivity index (χ4v) is 2.53. The highest BCUT2D eigenvalue weighted by Gasteiger charge is 2.23. The monoisotopic (exact) mass is 240 g/mol. The highest BCUT2D eigenvalue weighted by Crippen LogP contribution is 2.30. The van der Waals surface area contributed by atoms with E-state index in [-0.39, 0.29) is 0 Å². The van der Waals surface area contributed by atoms with E-state index in [1.54, 1.807) is 0 Å². The summed E-state index contributed by atoms with van der Waals surface area (Å²) in [4.78, 5) is 7.09. The summed E-state index contributed by atoms with van der Waals surface area (Å²) in [6.07, 6.45) is 3.55. The van der Waals surface area contributed by atoms with E-state index in [4.69, 9.17) is 22.3 Å². The number of piperidine rings is 1. The molecule has 1 heterocycles. The Labute approximate surface area is 101 Å². The molecule has 88 valence electrons. The number of benzene rings is 1. The van der Waals surface area contributed by atoms with Gasteiger partial charge in [-0.15, -0.1) is 0 Å². The molecule has 1 aromatic carbocycles. The minimum Gasteiger partial charge on any atom is -0.365 e. The van der Waals surface area contributed by atoms with Gasteiger partial charge in [-0.3, -0.25) is 0 Å². The lowest BCUT2D eigenvalue weighted by Crippen LogP contribution is -2.43. The van der Waals surface area contributed by atoms with E-state index in [1.165, 1.54) is 12.8 Å². The van der Waals surface area contributed by atoms with Crippen molar-refractivity contribution in [3.8, 4) is 0 Å². The quantitative estimate of drug-likeness (QED) is 0.826. The normalized spacial score (nSPS) is 21.1. The van der Waals surface area contributed by atoms with Crippen LogP contribution in [0.15, 0.2) is 24.3 Å². The first-order chi connectivity index (χ1) is 7.83. The van der Waals surface area contributed by atoms with Crippen molar-refractivity contribution >= 4 is 17.3 Å². The molecular weight excluding hydrogens is 224 g/mol. The number of hydrogen-bond donors (Lipinski definition) is 1. The first-order valence-corrected chi connectivity index (χ1v) is 6.03. The van der Waals surface area contributed by atoms with Crippen LogP contribution in [0.2, 0.25) is 5.02 Å². The molecule has 0 saturated carbocycles. The number of anilines is 1. The van der Waals surface area contributed by atoms with Crippen LogP contribution in [0.1, 0.15) is 19.3 Å². The van der Waals surface area contributed by atoms with E-state index in [1.807, 2.05) is 18.2 Å². The van der Waals surface area contributed by atoms with Crippen LogP contribution >= 0.6 is 11.6 Å². The zero-order valence-corrected chi connectivity index (χ0v) is 9.99. The summed E-state index contributed by atoms with van der Waals surface area (Å²) >= 11 is 6.21. The first kappa shape index (κ1) is 11.7. The molecule has 0 aromatic heterocycles. The van der Waals surface area contributed by atoms with Crippen molar-refractivity contribution < 1.29 is 4.84 Å². The Hall–Kier alpha value is -0.770. The smallest absolute Gasteiger partial charge is 0.0882 e. The topological polar surface area (TPSA) is 38.5 Å². The van der Waals surface area contributed by atoms with E-state index < -0.39 is 0 Å². The molecule has 2 N–H and O–H groups in total. The van der Waals surface area contributed by atoms with Crippen molar-refractivity contribution in [1.82, 2.24) is 0 Å². The molecule has 2 rings (SSSR count). The number of para-hydroxylation sites is 1. The molecule has 0 radical (unpaired) electrons. The van der Waals surface area contributed by atoms with E-state index in [0.717, 1.165) is 23.7 Å². The van der Waals surface area contributed by atoms with Gasteiger partial charge in [0.05, 0.1) is 23.4 Å². The molecule has 0 amide bonds. The molecule has 1 aliphatic rings. The summed E-state index contributed by atoms with van der Waals surface area (Å²) in [6, 6.07) is 8.28. The highest BCUT2D eigenvalue weighted by atomic mass is 35.5. The third kappa shape index (κ3) is 2.48. The van der Waals surface area contributed by atoms with E-state index in [2.05, 4.69) is 11.0 Å². The molecule has 1 atom stereocenters. The van der Waals surface area contributed by atoms with Crippen LogP contribution in [-0.4, -0.2) is 19.2 Å². The van der Waals surface area contributed by atoms with Crippen LogP contribution in [0.25, 0.3) is 0 Å². The Kier molecular flexibility index (Phi) is 4.04. The molecule has 4 heteroatoms. The van der Waals surface area contributed by atoms with Crippen LogP contribution in [0, 0.1) is 0 Å². The average molecular weight is 241 g/mol. The van der Waals surface area contributed by atoms with Gasteiger partial charge in [-0.2, -0.15) is 0 Å². The van der Waals surface area contributed by atoms with Crippen LogP contribution in [0.5, 0.6) is 0 Å². The van der Waals surface area contributed by atoms with Crippen molar-refractivity contribution in [2.24, 2.45) is 5.90 Å². The summed E-state index contributed by atoms with van der Waals surface area (Å²) in [5.74, 6) is 5.18. The van der Waals surface area contributed by atoms with Gasteiger partial charge in [0.1, 0.15) is 0 Å². The van der Waals surface area contributed by atoms with Gasteiger partial charge in [0.2, 0.25) is 0 Å². The van der Waals surface area contributed by atoms with E-state index in [9.17, 15) is 0 Å². The SMILES string of the molecule is NOCC1CCCCN1c1ccccc1Cl. The number of hydrogen-bond acceptors (Lipinski definition) is 3.